The number of carboxylic acids is 1. The summed E-state index contributed by atoms with van der Waals surface area (Å²) in [6, 6.07) is 0. The second-order valence-electron chi connectivity index (χ2n) is 4.50. The van der Waals surface area contributed by atoms with Gasteiger partial charge in [-0.05, 0) is 12.8 Å². The SMILES string of the molecule is CCCc1nnc(SCC(=O)O)n1CCCn1ccnn1. The van der Waals surface area contributed by atoms with Crippen molar-refractivity contribution < 1.29 is 9.90 Å². The molecule has 0 amide bonds. The molecule has 2 aromatic heterocycles. The Balaban J connectivity index is 1.99. The lowest BCUT2D eigenvalue weighted by molar-refractivity contribution is -0.133. The second kappa shape index (κ2) is 7.77. The van der Waals surface area contributed by atoms with Crippen LogP contribution in [0.1, 0.15) is 25.6 Å². The fourth-order valence-electron chi connectivity index (χ4n) is 1.93. The van der Waals surface area contributed by atoms with Crippen LogP contribution in [0.3, 0.4) is 0 Å². The Morgan fingerprint density at radius 3 is 2.90 bits per heavy atom. The molecule has 114 valence electrons. The summed E-state index contributed by atoms with van der Waals surface area (Å²) in [5, 5.41) is 25.4. The number of carbonyl (C=O) groups is 1. The minimum atomic E-state index is -0.853. The zero-order valence-corrected chi connectivity index (χ0v) is 12.7. The van der Waals surface area contributed by atoms with E-state index in [2.05, 4.69) is 27.4 Å². The van der Waals surface area contributed by atoms with Gasteiger partial charge in [0.15, 0.2) is 5.16 Å². The van der Waals surface area contributed by atoms with Crippen LogP contribution in [0.4, 0.5) is 0 Å². The molecular formula is C12H18N6O2S. The van der Waals surface area contributed by atoms with Crippen LogP contribution in [-0.4, -0.2) is 46.6 Å². The van der Waals surface area contributed by atoms with Gasteiger partial charge in [0.2, 0.25) is 0 Å². The Labute approximate surface area is 126 Å². The van der Waals surface area contributed by atoms with Gasteiger partial charge in [0.1, 0.15) is 5.82 Å². The highest BCUT2D eigenvalue weighted by atomic mass is 32.2. The highest BCUT2D eigenvalue weighted by Crippen LogP contribution is 2.18. The fourth-order valence-corrected chi connectivity index (χ4v) is 2.63. The molecule has 8 nitrogen and oxygen atoms in total. The van der Waals surface area contributed by atoms with Crippen molar-refractivity contribution in [3.63, 3.8) is 0 Å². The van der Waals surface area contributed by atoms with Gasteiger partial charge in [-0.3, -0.25) is 9.48 Å². The van der Waals surface area contributed by atoms with Crippen LogP contribution in [0.25, 0.3) is 0 Å². The highest BCUT2D eigenvalue weighted by Gasteiger charge is 2.13. The molecule has 0 unspecified atom stereocenters. The summed E-state index contributed by atoms with van der Waals surface area (Å²) >= 11 is 1.20. The standard InChI is InChI=1S/C12H18N6O2S/c1-2-4-10-14-15-12(21-9-11(19)20)18(10)7-3-6-17-8-5-13-16-17/h5,8H,2-4,6-7,9H2,1H3,(H,19,20). The number of aryl methyl sites for hydroxylation is 2. The summed E-state index contributed by atoms with van der Waals surface area (Å²) in [4.78, 5) is 10.7. The first-order chi connectivity index (χ1) is 10.2. The molecule has 0 saturated carbocycles. The summed E-state index contributed by atoms with van der Waals surface area (Å²) in [6.45, 7) is 3.58. The van der Waals surface area contributed by atoms with Gasteiger partial charge < -0.3 is 9.67 Å². The molecule has 0 aliphatic rings. The first kappa shape index (κ1) is 15.5. The third kappa shape index (κ3) is 4.55. The lowest BCUT2D eigenvalue weighted by Crippen LogP contribution is -2.10. The lowest BCUT2D eigenvalue weighted by atomic mass is 10.3. The van der Waals surface area contributed by atoms with E-state index in [1.165, 1.54) is 11.8 Å². The summed E-state index contributed by atoms with van der Waals surface area (Å²) in [5.41, 5.74) is 0. The van der Waals surface area contributed by atoms with Crippen molar-refractivity contribution in [3.05, 3.63) is 18.2 Å². The average molecular weight is 310 g/mol. The zero-order valence-electron chi connectivity index (χ0n) is 11.8. The van der Waals surface area contributed by atoms with Gasteiger partial charge in [-0.2, -0.15) is 0 Å². The Kier molecular flexibility index (Phi) is 5.73. The minimum absolute atomic E-state index is 0.00661. The van der Waals surface area contributed by atoms with Crippen molar-refractivity contribution in [2.24, 2.45) is 0 Å². The maximum atomic E-state index is 10.7. The van der Waals surface area contributed by atoms with Crippen molar-refractivity contribution in [1.29, 1.82) is 0 Å². The summed E-state index contributed by atoms with van der Waals surface area (Å²) in [5.74, 6) is 0.0473. The van der Waals surface area contributed by atoms with Crippen molar-refractivity contribution in [3.8, 4) is 0 Å². The number of rotatable bonds is 9. The number of hydrogen-bond acceptors (Lipinski definition) is 6. The topological polar surface area (TPSA) is 98.7 Å². The summed E-state index contributed by atoms with van der Waals surface area (Å²) in [7, 11) is 0. The van der Waals surface area contributed by atoms with Crippen molar-refractivity contribution in [2.45, 2.75) is 44.4 Å². The molecule has 0 bridgehead atoms. The van der Waals surface area contributed by atoms with Crippen LogP contribution < -0.4 is 0 Å². The molecule has 9 heteroatoms. The number of carboxylic acid groups (broad SMARTS) is 1. The number of aromatic nitrogens is 6. The first-order valence-electron chi connectivity index (χ1n) is 6.81. The zero-order chi connectivity index (χ0) is 15.1. The molecular weight excluding hydrogens is 292 g/mol. The number of thioether (sulfide) groups is 1. The van der Waals surface area contributed by atoms with Crippen LogP contribution in [-0.2, 0) is 24.3 Å². The molecule has 0 saturated heterocycles. The van der Waals surface area contributed by atoms with Crippen LogP contribution in [0.2, 0.25) is 0 Å². The van der Waals surface area contributed by atoms with Gasteiger partial charge in [-0.1, -0.05) is 23.9 Å². The minimum Gasteiger partial charge on any atom is -0.481 e. The van der Waals surface area contributed by atoms with Crippen molar-refractivity contribution >= 4 is 17.7 Å². The van der Waals surface area contributed by atoms with Gasteiger partial charge in [0.05, 0.1) is 11.9 Å². The molecule has 0 aromatic carbocycles. The quantitative estimate of drug-likeness (QED) is 0.692. The van der Waals surface area contributed by atoms with E-state index in [0.29, 0.717) is 5.16 Å². The number of hydrogen-bond donors (Lipinski definition) is 1. The van der Waals surface area contributed by atoms with Crippen molar-refractivity contribution in [1.82, 2.24) is 29.8 Å². The maximum absolute atomic E-state index is 10.7. The molecule has 21 heavy (non-hydrogen) atoms. The third-order valence-electron chi connectivity index (χ3n) is 2.83. The van der Waals surface area contributed by atoms with Crippen LogP contribution in [0.15, 0.2) is 17.6 Å². The smallest absolute Gasteiger partial charge is 0.313 e. The van der Waals surface area contributed by atoms with E-state index >= 15 is 0 Å². The van der Waals surface area contributed by atoms with Gasteiger partial charge in [-0.15, -0.1) is 15.3 Å². The molecule has 0 spiro atoms. The molecule has 2 rings (SSSR count). The number of nitrogens with zero attached hydrogens (tertiary/aromatic N) is 6. The van der Waals surface area contributed by atoms with E-state index in [4.69, 9.17) is 5.11 Å². The summed E-state index contributed by atoms with van der Waals surface area (Å²) < 4.78 is 3.78. The van der Waals surface area contributed by atoms with E-state index in [0.717, 1.165) is 38.2 Å². The second-order valence-corrected chi connectivity index (χ2v) is 5.45. The van der Waals surface area contributed by atoms with Crippen LogP contribution in [0.5, 0.6) is 0 Å². The molecule has 0 fully saturated rings. The normalized spacial score (nSPS) is 10.9. The molecule has 0 radical (unpaired) electrons. The summed E-state index contributed by atoms with van der Waals surface area (Å²) in [6.07, 6.45) is 6.14. The molecule has 2 heterocycles. The van der Waals surface area contributed by atoms with E-state index in [-0.39, 0.29) is 5.75 Å². The third-order valence-corrected chi connectivity index (χ3v) is 3.78. The fraction of sp³-hybridized carbons (Fsp3) is 0.583. The van der Waals surface area contributed by atoms with E-state index < -0.39 is 5.97 Å². The van der Waals surface area contributed by atoms with Crippen LogP contribution in [0, 0.1) is 0 Å². The molecule has 0 aliphatic heterocycles. The monoisotopic (exact) mass is 310 g/mol. The molecule has 0 atom stereocenters. The Morgan fingerprint density at radius 2 is 2.24 bits per heavy atom. The molecule has 0 aliphatic carbocycles. The van der Waals surface area contributed by atoms with E-state index in [1.54, 1.807) is 10.9 Å². The van der Waals surface area contributed by atoms with Gasteiger partial charge >= 0.3 is 5.97 Å². The average Bonchev–Trinajstić information content (AvgIpc) is 3.08. The molecule has 1 N–H and O–H groups in total. The lowest BCUT2D eigenvalue weighted by Gasteiger charge is -2.09. The largest absolute Gasteiger partial charge is 0.481 e. The Hall–Kier alpha value is -1.90. The van der Waals surface area contributed by atoms with Gasteiger partial charge in [-0.25, -0.2) is 0 Å². The molecule has 2 aromatic rings. The van der Waals surface area contributed by atoms with Gasteiger partial charge in [0.25, 0.3) is 0 Å². The first-order valence-corrected chi connectivity index (χ1v) is 7.80. The maximum Gasteiger partial charge on any atom is 0.313 e. The highest BCUT2D eigenvalue weighted by molar-refractivity contribution is 7.99. The predicted molar refractivity (Wildman–Crippen MR) is 77.0 cm³/mol. The van der Waals surface area contributed by atoms with E-state index in [1.807, 2.05) is 10.8 Å². The van der Waals surface area contributed by atoms with Crippen molar-refractivity contribution in [2.75, 3.05) is 5.75 Å². The Morgan fingerprint density at radius 1 is 1.38 bits per heavy atom. The van der Waals surface area contributed by atoms with Gasteiger partial charge in [0, 0.05) is 25.7 Å². The van der Waals surface area contributed by atoms with E-state index in [9.17, 15) is 4.79 Å². The Bertz CT molecular complexity index is 568. The van der Waals surface area contributed by atoms with Crippen LogP contribution >= 0.6 is 11.8 Å². The number of aliphatic carboxylic acids is 1. The predicted octanol–water partition coefficient (Wildman–Crippen LogP) is 1.09.